The Morgan fingerprint density at radius 3 is 0.640 bits per heavy atom. The molecule has 0 unspecified atom stereocenters. The smallest absolute Gasteiger partial charge is 0.187 e. The first-order valence-electron chi connectivity index (χ1n) is 27.5. The number of aliphatic hydroxyl groups is 20. The molecule has 21 fully saturated rings. The van der Waals surface area contributed by atoms with Gasteiger partial charge in [0.05, 0.1) is 50.3 Å². The van der Waals surface area contributed by atoms with Crippen molar-refractivity contribution in [2.24, 2.45) is 0 Å². The molecule has 494 valence electrons. The molecule has 37 heteroatoms. The minimum Gasteiger partial charge on any atom is -0.394 e. The van der Waals surface area contributed by atoms with Crippen molar-refractivity contribution >= 4 is 9.84 Å². The van der Waals surface area contributed by atoms with Crippen LogP contribution in [0.2, 0.25) is 0 Å². The van der Waals surface area contributed by atoms with Gasteiger partial charge in [-0.25, -0.2) is 8.42 Å². The quantitative estimate of drug-likeness (QED) is 0.109. The minimum atomic E-state index is -4.52. The van der Waals surface area contributed by atoms with Crippen molar-refractivity contribution in [2.75, 3.05) is 45.4 Å². The number of benzene rings is 1. The predicted octanol–water partition coefficient (Wildman–Crippen LogP) is -13.4. The van der Waals surface area contributed by atoms with E-state index in [1.807, 2.05) is 0 Å². The van der Waals surface area contributed by atoms with Crippen molar-refractivity contribution in [3.63, 3.8) is 0 Å². The van der Waals surface area contributed by atoms with Crippen molar-refractivity contribution in [2.45, 2.75) is 227 Å². The van der Waals surface area contributed by atoms with E-state index in [-0.39, 0.29) is 4.90 Å². The van der Waals surface area contributed by atoms with Crippen LogP contribution in [0.25, 0.3) is 0 Å². The molecule has 21 aliphatic rings. The van der Waals surface area contributed by atoms with Gasteiger partial charge < -0.3 is 168 Å². The fraction of sp³-hybridized carbons (Fsp3) is 0.878. The van der Waals surface area contributed by atoms with Gasteiger partial charge in [0.15, 0.2) is 53.9 Å². The van der Waals surface area contributed by atoms with Crippen LogP contribution in [-0.4, -0.2) is 371 Å². The van der Waals surface area contributed by atoms with Crippen molar-refractivity contribution < 1.29 is 177 Å². The Morgan fingerprint density at radius 2 is 0.453 bits per heavy atom. The number of aliphatic hydroxyl groups excluding tert-OH is 20. The van der Waals surface area contributed by atoms with Gasteiger partial charge >= 0.3 is 0 Å². The Kier molecular flexibility index (Phi) is 22.5. The molecule has 20 N–H and O–H groups in total. The van der Waals surface area contributed by atoms with E-state index in [0.29, 0.717) is 5.56 Å². The number of hydrogen-bond acceptors (Lipinski definition) is 36. The lowest BCUT2D eigenvalue weighted by molar-refractivity contribution is -0.396. The summed E-state index contributed by atoms with van der Waals surface area (Å²) in [4.78, 5) is -0.293. The molecule has 0 aliphatic carbocycles. The molecule has 0 spiro atoms. The molecule has 0 amide bonds. The van der Waals surface area contributed by atoms with Crippen LogP contribution < -0.4 is 0 Å². The fourth-order valence-corrected chi connectivity index (χ4v) is 12.9. The summed E-state index contributed by atoms with van der Waals surface area (Å²) in [5, 5.41) is 223. The van der Waals surface area contributed by atoms with Crippen LogP contribution in [0, 0.1) is 6.92 Å². The maximum absolute atomic E-state index is 14.1. The predicted molar refractivity (Wildman–Crippen MR) is 265 cm³/mol. The van der Waals surface area contributed by atoms with Crippen molar-refractivity contribution in [1.82, 2.24) is 0 Å². The van der Waals surface area contributed by atoms with Crippen LogP contribution >= 0.6 is 0 Å². The second-order valence-electron chi connectivity index (χ2n) is 22.1. The first-order valence-corrected chi connectivity index (χ1v) is 29.1. The fourth-order valence-electron chi connectivity index (χ4n) is 11.5. The monoisotopic (exact) mass is 1270 g/mol. The Bertz CT molecular complexity index is 2410. The summed E-state index contributed by atoms with van der Waals surface area (Å²) in [6, 6.07) is 5.39. The van der Waals surface area contributed by atoms with E-state index in [4.69, 9.17) is 66.3 Å². The van der Waals surface area contributed by atoms with Gasteiger partial charge in [-0.05, 0) is 19.1 Å². The van der Waals surface area contributed by atoms with Crippen molar-refractivity contribution in [3.8, 4) is 0 Å². The average molecular weight is 1270 g/mol. The van der Waals surface area contributed by atoms with Gasteiger partial charge in [0.2, 0.25) is 0 Å². The number of ether oxygens (including phenoxy) is 14. The molecule has 21 saturated heterocycles. The highest BCUT2D eigenvalue weighted by Gasteiger charge is 2.60. The average Bonchev–Trinajstić information content (AvgIpc) is 1.72. The number of sulfone groups is 1. The van der Waals surface area contributed by atoms with Gasteiger partial charge in [0.25, 0.3) is 0 Å². The second kappa shape index (κ2) is 28.4. The molecule has 35 atom stereocenters. The van der Waals surface area contributed by atoms with Crippen molar-refractivity contribution in [1.29, 1.82) is 0 Å². The summed E-state index contributed by atoms with van der Waals surface area (Å²) in [5.41, 5.74) is 0.652. The molecule has 1 aromatic rings. The standard InChI is InChI=1S/C49H76O36S/c1-13-2-4-14(5-3-13)86(70,71)12-21-42-28(62)35(69)49(78-21)84-41-20(11-55)76-47(33(67)26(41)60)82-39-18(9-53)74-45(31(65)24(39)58)80-37-16(7-51)72-43(29(63)22(37)56)79-36-15(6-50)73-44(30(64)23(36)57)81-38-17(8-52)75-46(32(66)25(38)59)83-40-19(10-54)77-48(85-42)34(68)27(40)61/h2-5,15-69H,6-12H2,1H3/t15-,16-,17-,18-,19-,20-,21-,22-,23+,24-,25+,26-,27+,28-,29-,30+,31-,32+,33-,34+,35-,36-,37-,38-,39-,40-,41-,42-,43-,44-,45-,46-,47-,48-,49-/m1/s1. The molecule has 0 saturated carbocycles. The molecule has 86 heavy (non-hydrogen) atoms. The summed E-state index contributed by atoms with van der Waals surface area (Å²) in [6.07, 6.45) is -72.9. The lowest BCUT2D eigenvalue weighted by Crippen LogP contribution is -2.68. The zero-order valence-electron chi connectivity index (χ0n) is 45.4. The van der Waals surface area contributed by atoms with Crippen LogP contribution in [0.4, 0.5) is 0 Å². The van der Waals surface area contributed by atoms with Crippen LogP contribution in [0.15, 0.2) is 29.2 Å². The third-order valence-electron chi connectivity index (χ3n) is 16.4. The van der Waals surface area contributed by atoms with E-state index in [2.05, 4.69) is 0 Å². The van der Waals surface area contributed by atoms with E-state index >= 15 is 0 Å². The third-order valence-corrected chi connectivity index (χ3v) is 18.1. The zero-order valence-corrected chi connectivity index (χ0v) is 46.2. The normalized spacial score (nSPS) is 51.0. The van der Waals surface area contributed by atoms with Crippen molar-refractivity contribution in [3.05, 3.63) is 29.8 Å². The molecule has 1 aromatic carbocycles. The summed E-state index contributed by atoms with van der Waals surface area (Å²) in [6.45, 7) is -4.85. The minimum absolute atomic E-state index is 0.293. The van der Waals surface area contributed by atoms with E-state index < -0.39 is 270 Å². The Morgan fingerprint density at radius 1 is 0.279 bits per heavy atom. The molecule has 22 rings (SSSR count). The van der Waals surface area contributed by atoms with Gasteiger partial charge in [0.1, 0.15) is 171 Å². The van der Waals surface area contributed by atoms with Gasteiger partial charge in [0, 0.05) is 0 Å². The highest BCUT2D eigenvalue weighted by molar-refractivity contribution is 7.91. The van der Waals surface area contributed by atoms with E-state index in [0.717, 1.165) is 0 Å². The summed E-state index contributed by atoms with van der Waals surface area (Å²) in [7, 11) is -4.52. The first-order chi connectivity index (χ1) is 40.8. The lowest BCUT2D eigenvalue weighted by Gasteiger charge is -2.50. The maximum atomic E-state index is 14.1. The molecule has 0 radical (unpaired) electrons. The highest BCUT2D eigenvalue weighted by atomic mass is 32.2. The first kappa shape index (κ1) is 68.2. The van der Waals surface area contributed by atoms with E-state index in [1.54, 1.807) is 6.92 Å². The SMILES string of the molecule is Cc1ccc(S(=O)(=O)C[C@H]2O[C@@H]3O[C@H]4[C@H](O)[C@@H](O)[C@@H](O[C@H]5[C@H](O)[C@@H](O)[C@@H](O[C@H]6[C@H](O)[C@@H](O)[C@@H](O[C@H]7[C@@H](O)[C@H](O)[C@@H](O[C@H]8[C@@H](O)[C@H](O)[C@@H](O[C@H]9[C@@H](O)[C@H](O)[C@@H](O[C@H]2[C@H](O)[C@H]3O)O[C@@H]9CO)O[C@@H]8CO)O[C@@H]7CO)O[C@@H]6CO)O[C@@H]5CO)O[C@@H]4CO)cc1. The lowest BCUT2D eigenvalue weighted by atomic mass is 9.95. The van der Waals surface area contributed by atoms with Crippen LogP contribution in [0.1, 0.15) is 5.56 Å². The highest BCUT2D eigenvalue weighted by Crippen LogP contribution is 2.39. The Hall–Kier alpha value is -2.19. The van der Waals surface area contributed by atoms with Crippen LogP contribution in [0.5, 0.6) is 0 Å². The number of aryl methyl sites for hydroxylation is 1. The Balaban J connectivity index is 1.03. The van der Waals surface area contributed by atoms with Gasteiger partial charge in [-0.1, -0.05) is 17.7 Å². The molecule has 21 aliphatic heterocycles. The summed E-state index contributed by atoms with van der Waals surface area (Å²) >= 11 is 0. The van der Waals surface area contributed by atoms with Gasteiger partial charge in [-0.3, -0.25) is 0 Å². The van der Waals surface area contributed by atoms with Gasteiger partial charge in [-0.2, -0.15) is 0 Å². The Labute approximate surface area is 487 Å². The zero-order chi connectivity index (χ0) is 62.5. The van der Waals surface area contributed by atoms with Gasteiger partial charge in [-0.15, -0.1) is 0 Å². The topological polar surface area (TPSA) is 568 Å². The molecular weight excluding hydrogens is 1200 g/mol. The van der Waals surface area contributed by atoms with Crippen LogP contribution in [-0.2, 0) is 76.2 Å². The maximum Gasteiger partial charge on any atom is 0.187 e. The molecule has 14 bridgehead atoms. The molecule has 21 heterocycles. The number of rotatable bonds is 9. The van der Waals surface area contributed by atoms with Crippen LogP contribution in [0.3, 0.4) is 0 Å². The summed E-state index contributed by atoms with van der Waals surface area (Å²) in [5.74, 6) is -1.13. The molecule has 0 aromatic heterocycles. The summed E-state index contributed by atoms with van der Waals surface area (Å²) < 4.78 is 109. The third kappa shape index (κ3) is 13.5. The second-order valence-corrected chi connectivity index (χ2v) is 24.1. The number of hydrogen-bond donors (Lipinski definition) is 20. The van der Waals surface area contributed by atoms with E-state index in [1.165, 1.54) is 24.3 Å². The molecule has 36 nitrogen and oxygen atoms in total. The largest absolute Gasteiger partial charge is 0.394 e. The van der Waals surface area contributed by atoms with E-state index in [9.17, 15) is 111 Å². The molecular formula is C49H76O36S.